The van der Waals surface area contributed by atoms with Gasteiger partial charge < -0.3 is 5.73 Å². The largest absolute Gasteiger partial charge is 0.351 e. The van der Waals surface area contributed by atoms with Gasteiger partial charge in [0.05, 0.1) is 5.69 Å². The second kappa shape index (κ2) is 4.56. The Morgan fingerprint density at radius 1 is 1.38 bits per heavy atom. The Morgan fingerprint density at radius 3 is 2.56 bits per heavy atom. The molecule has 0 aliphatic rings. The van der Waals surface area contributed by atoms with E-state index < -0.39 is 16.1 Å². The van der Waals surface area contributed by atoms with Crippen LogP contribution in [0.4, 0.5) is 10.5 Å². The average molecular weight is 241 g/mol. The van der Waals surface area contributed by atoms with Crippen molar-refractivity contribution in [1.29, 1.82) is 0 Å². The van der Waals surface area contributed by atoms with E-state index in [0.29, 0.717) is 0 Å². The molecule has 84 valence electrons. The Kier molecular flexibility index (Phi) is 3.39. The molecule has 0 aliphatic heterocycles. The number of amides is 2. The number of nitrogens with two attached hydrogens (primary N) is 1. The molecule has 0 saturated heterocycles. The fourth-order valence-corrected chi connectivity index (χ4v) is 2.03. The number of nitrogens with one attached hydrogen (secondary N) is 1. The maximum absolute atomic E-state index is 11.5. The van der Waals surface area contributed by atoms with E-state index in [1.807, 2.05) is 0 Å². The van der Waals surface area contributed by atoms with E-state index in [1.165, 1.54) is 30.3 Å². The van der Waals surface area contributed by atoms with E-state index >= 15 is 0 Å². The van der Waals surface area contributed by atoms with Crippen molar-refractivity contribution in [3.63, 3.8) is 0 Å². The molecule has 1 aromatic rings. The molecule has 0 fully saturated rings. The topological polar surface area (TPSA) is 119 Å². The Bertz CT molecular complexity index is 560. The summed E-state index contributed by atoms with van der Waals surface area (Å²) < 4.78 is 24.6. The zero-order valence-electron chi connectivity index (χ0n) is 7.88. The minimum atomic E-state index is -4.11. The van der Waals surface area contributed by atoms with Crippen molar-refractivity contribution in [1.82, 2.24) is 4.72 Å². The van der Waals surface area contributed by atoms with Gasteiger partial charge in [-0.15, -0.1) is 0 Å². The summed E-state index contributed by atoms with van der Waals surface area (Å²) in [5.41, 5.74) is 4.58. The highest BCUT2D eigenvalue weighted by Crippen LogP contribution is 2.22. The Morgan fingerprint density at radius 2 is 2.00 bits per heavy atom. The number of para-hydroxylation sites is 1. The lowest BCUT2D eigenvalue weighted by Gasteiger charge is -2.05. The van der Waals surface area contributed by atoms with Crippen molar-refractivity contribution in [2.24, 2.45) is 10.7 Å². The first-order chi connectivity index (χ1) is 7.47. The molecule has 0 aliphatic carbocycles. The van der Waals surface area contributed by atoms with Crippen LogP contribution in [0.15, 0.2) is 34.2 Å². The van der Waals surface area contributed by atoms with Gasteiger partial charge in [0.1, 0.15) is 4.90 Å². The monoisotopic (exact) mass is 241 g/mol. The summed E-state index contributed by atoms with van der Waals surface area (Å²) in [7, 11) is -4.11. The molecule has 0 radical (unpaired) electrons. The van der Waals surface area contributed by atoms with Crippen LogP contribution >= 0.6 is 0 Å². The summed E-state index contributed by atoms with van der Waals surface area (Å²) in [5, 5.41) is 0. The quantitative estimate of drug-likeness (QED) is 0.572. The molecule has 0 spiro atoms. The second-order valence-electron chi connectivity index (χ2n) is 2.64. The number of hydrogen-bond acceptors (Lipinski definition) is 5. The maximum atomic E-state index is 11.5. The average Bonchev–Trinajstić information content (AvgIpc) is 2.17. The second-order valence-corrected chi connectivity index (χ2v) is 4.29. The highest BCUT2D eigenvalue weighted by atomic mass is 32.2. The summed E-state index contributed by atoms with van der Waals surface area (Å²) in [4.78, 5) is 23.4. The smallest absolute Gasteiger partial charge is 0.326 e. The number of benzene rings is 1. The molecule has 1 rings (SSSR count). The summed E-state index contributed by atoms with van der Waals surface area (Å²) in [6.07, 6.45) is 1.22. The van der Waals surface area contributed by atoms with Crippen LogP contribution in [0.2, 0.25) is 0 Å². The zero-order chi connectivity index (χ0) is 12.2. The number of isocyanates is 1. The standard InChI is InChI=1S/C8H7N3O4S/c9-8(13)11-16(14,15)7-4-2-1-3-6(7)10-5-12/h1-4H,(H3,9,11,13). The lowest BCUT2D eigenvalue weighted by atomic mass is 10.3. The summed E-state index contributed by atoms with van der Waals surface area (Å²) in [5.74, 6) is 0. The third-order valence-electron chi connectivity index (χ3n) is 1.56. The van der Waals surface area contributed by atoms with E-state index in [2.05, 4.69) is 4.99 Å². The summed E-state index contributed by atoms with van der Waals surface area (Å²) in [6.45, 7) is 0. The molecule has 0 atom stereocenters. The molecular formula is C8H7N3O4S. The number of urea groups is 1. The third kappa shape index (κ3) is 2.66. The predicted octanol–water partition coefficient (Wildman–Crippen LogP) is 0.0109. The number of aliphatic imine (C=N–C) groups is 1. The number of carbonyl (C=O) groups is 1. The molecular weight excluding hydrogens is 234 g/mol. The molecule has 7 nitrogen and oxygen atoms in total. The Labute approximate surface area is 91.0 Å². The van der Waals surface area contributed by atoms with Crippen LogP contribution < -0.4 is 10.5 Å². The molecule has 0 bridgehead atoms. The number of rotatable bonds is 3. The molecule has 8 heteroatoms. The van der Waals surface area contributed by atoms with Crippen LogP contribution in [0.5, 0.6) is 0 Å². The number of nitrogens with zero attached hydrogens (tertiary/aromatic N) is 1. The van der Waals surface area contributed by atoms with Gasteiger partial charge in [-0.25, -0.2) is 22.7 Å². The van der Waals surface area contributed by atoms with Gasteiger partial charge in [0, 0.05) is 0 Å². The fraction of sp³-hybridized carbons (Fsp3) is 0. The molecule has 0 aromatic heterocycles. The predicted molar refractivity (Wildman–Crippen MR) is 54.1 cm³/mol. The van der Waals surface area contributed by atoms with Crippen molar-refractivity contribution in [3.05, 3.63) is 24.3 Å². The molecule has 2 amide bonds. The van der Waals surface area contributed by atoms with E-state index in [1.54, 1.807) is 4.72 Å². The SMILES string of the molecule is NC(=O)NS(=O)(=O)c1ccccc1N=C=O. The first-order valence-corrected chi connectivity index (χ1v) is 5.45. The van der Waals surface area contributed by atoms with Gasteiger partial charge in [-0.1, -0.05) is 12.1 Å². The van der Waals surface area contributed by atoms with Crippen molar-refractivity contribution < 1.29 is 18.0 Å². The first-order valence-electron chi connectivity index (χ1n) is 3.96. The number of sulfonamides is 1. The summed E-state index contributed by atoms with van der Waals surface area (Å²) >= 11 is 0. The van der Waals surface area contributed by atoms with Crippen LogP contribution in [0, 0.1) is 0 Å². The highest BCUT2D eigenvalue weighted by Gasteiger charge is 2.19. The van der Waals surface area contributed by atoms with Crippen LogP contribution in [0.3, 0.4) is 0 Å². The molecule has 3 N–H and O–H groups in total. The van der Waals surface area contributed by atoms with E-state index in [9.17, 15) is 18.0 Å². The lowest BCUT2D eigenvalue weighted by Crippen LogP contribution is -2.34. The number of primary amides is 1. The molecule has 16 heavy (non-hydrogen) atoms. The maximum Gasteiger partial charge on any atom is 0.326 e. The van der Waals surface area contributed by atoms with Gasteiger partial charge in [0.15, 0.2) is 0 Å². The van der Waals surface area contributed by atoms with Crippen LogP contribution in [-0.2, 0) is 14.8 Å². The minimum Gasteiger partial charge on any atom is -0.351 e. The lowest BCUT2D eigenvalue weighted by molar-refractivity contribution is 0.253. The Hall–Kier alpha value is -2.18. The van der Waals surface area contributed by atoms with Gasteiger partial charge in [-0.3, -0.25) is 0 Å². The minimum absolute atomic E-state index is 0.119. The van der Waals surface area contributed by atoms with E-state index in [0.717, 1.165) is 0 Å². The number of hydrogen-bond donors (Lipinski definition) is 2. The first kappa shape index (κ1) is 11.9. The summed E-state index contributed by atoms with van der Waals surface area (Å²) in [6, 6.07) is 4.16. The number of carbonyl (C=O) groups excluding carboxylic acids is 2. The van der Waals surface area contributed by atoms with Gasteiger partial charge in [0.25, 0.3) is 10.0 Å². The van der Waals surface area contributed by atoms with Crippen LogP contribution in [0.1, 0.15) is 0 Å². The normalized spacial score (nSPS) is 10.2. The van der Waals surface area contributed by atoms with Gasteiger partial charge in [0.2, 0.25) is 6.08 Å². The van der Waals surface area contributed by atoms with Crippen molar-refractivity contribution in [2.75, 3.05) is 0 Å². The zero-order valence-corrected chi connectivity index (χ0v) is 8.69. The fourth-order valence-electron chi connectivity index (χ4n) is 1.01. The van der Waals surface area contributed by atoms with E-state index in [-0.39, 0.29) is 10.6 Å². The highest BCUT2D eigenvalue weighted by molar-refractivity contribution is 7.90. The van der Waals surface area contributed by atoms with Gasteiger partial charge in [-0.2, -0.15) is 4.99 Å². The van der Waals surface area contributed by atoms with Crippen LogP contribution in [0.25, 0.3) is 0 Å². The molecule has 0 saturated carbocycles. The molecule has 0 heterocycles. The van der Waals surface area contributed by atoms with Crippen molar-refractivity contribution in [3.8, 4) is 0 Å². The molecule has 0 unspecified atom stereocenters. The Balaban J connectivity index is 3.32. The van der Waals surface area contributed by atoms with E-state index in [4.69, 9.17) is 5.73 Å². The van der Waals surface area contributed by atoms with Crippen LogP contribution in [-0.4, -0.2) is 20.5 Å². The molecule has 1 aromatic carbocycles. The van der Waals surface area contributed by atoms with Crippen molar-refractivity contribution in [2.45, 2.75) is 4.90 Å². The van der Waals surface area contributed by atoms with Gasteiger partial charge in [-0.05, 0) is 12.1 Å². The third-order valence-corrected chi connectivity index (χ3v) is 2.95. The van der Waals surface area contributed by atoms with Crippen molar-refractivity contribution >= 4 is 27.8 Å². The van der Waals surface area contributed by atoms with Gasteiger partial charge >= 0.3 is 6.03 Å².